The number of pyridine rings is 1. The Morgan fingerprint density at radius 1 is 1.59 bits per heavy atom. The van der Waals surface area contributed by atoms with E-state index in [1.807, 2.05) is 23.2 Å². The average Bonchev–Trinajstić information content (AvgIpc) is 2.39. The van der Waals surface area contributed by atoms with Gasteiger partial charge in [0.15, 0.2) is 0 Å². The number of piperazine rings is 1. The van der Waals surface area contributed by atoms with Crippen LogP contribution in [0.2, 0.25) is 0 Å². The lowest BCUT2D eigenvalue weighted by Gasteiger charge is -2.39. The molecule has 1 atom stereocenters. The third-order valence-corrected chi connectivity index (χ3v) is 3.11. The second-order valence-corrected chi connectivity index (χ2v) is 4.30. The van der Waals surface area contributed by atoms with Gasteiger partial charge in [-0.2, -0.15) is 0 Å². The molecule has 0 aromatic carbocycles. The Kier molecular flexibility index (Phi) is 3.54. The van der Waals surface area contributed by atoms with Crippen molar-refractivity contribution in [2.75, 3.05) is 26.7 Å². The SMILES string of the molecule is C=CC(=O)N1CCN(C)CC1c1cccnc1. The fraction of sp³-hybridized carbons (Fsp3) is 0.385. The van der Waals surface area contributed by atoms with Crippen molar-refractivity contribution >= 4 is 5.91 Å². The highest BCUT2D eigenvalue weighted by molar-refractivity contribution is 5.87. The first kappa shape index (κ1) is 11.8. The minimum atomic E-state index is -0.00745. The second-order valence-electron chi connectivity index (χ2n) is 4.30. The molecule has 0 saturated carbocycles. The average molecular weight is 231 g/mol. The van der Waals surface area contributed by atoms with Crippen LogP contribution in [0, 0.1) is 0 Å². The van der Waals surface area contributed by atoms with Crippen LogP contribution in [-0.4, -0.2) is 47.4 Å². The third kappa shape index (κ3) is 2.53. The molecule has 0 aliphatic carbocycles. The van der Waals surface area contributed by atoms with Crippen LogP contribution < -0.4 is 0 Å². The van der Waals surface area contributed by atoms with Crippen LogP contribution in [0.4, 0.5) is 0 Å². The Morgan fingerprint density at radius 2 is 2.41 bits per heavy atom. The topological polar surface area (TPSA) is 36.4 Å². The number of likely N-dealkylation sites (N-methyl/N-ethyl adjacent to an activating group) is 1. The summed E-state index contributed by atoms with van der Waals surface area (Å²) < 4.78 is 0. The second kappa shape index (κ2) is 5.10. The lowest BCUT2D eigenvalue weighted by Crippen LogP contribution is -2.48. The lowest BCUT2D eigenvalue weighted by molar-refractivity contribution is -0.130. The van der Waals surface area contributed by atoms with E-state index >= 15 is 0 Å². The molecule has 17 heavy (non-hydrogen) atoms. The van der Waals surface area contributed by atoms with Gasteiger partial charge in [-0.05, 0) is 24.8 Å². The van der Waals surface area contributed by atoms with Crippen molar-refractivity contribution in [2.45, 2.75) is 6.04 Å². The molecular weight excluding hydrogens is 214 g/mol. The number of amides is 1. The van der Waals surface area contributed by atoms with Crippen molar-refractivity contribution < 1.29 is 4.79 Å². The molecule has 90 valence electrons. The highest BCUT2D eigenvalue weighted by Gasteiger charge is 2.28. The molecule has 2 heterocycles. The first-order valence-electron chi connectivity index (χ1n) is 5.74. The van der Waals surface area contributed by atoms with E-state index in [4.69, 9.17) is 0 Å². The molecule has 2 rings (SSSR count). The van der Waals surface area contributed by atoms with E-state index in [9.17, 15) is 4.79 Å². The first-order valence-corrected chi connectivity index (χ1v) is 5.74. The Bertz CT molecular complexity index is 404. The van der Waals surface area contributed by atoms with Crippen LogP contribution in [-0.2, 0) is 4.79 Å². The van der Waals surface area contributed by atoms with Gasteiger partial charge in [0.25, 0.3) is 0 Å². The quantitative estimate of drug-likeness (QED) is 0.715. The van der Waals surface area contributed by atoms with Crippen molar-refractivity contribution in [2.24, 2.45) is 0 Å². The minimum Gasteiger partial charge on any atom is -0.329 e. The zero-order valence-electron chi connectivity index (χ0n) is 10.0. The summed E-state index contributed by atoms with van der Waals surface area (Å²) in [5.74, 6) is -0.00745. The Hall–Kier alpha value is -1.68. The molecule has 1 saturated heterocycles. The maximum Gasteiger partial charge on any atom is 0.246 e. The molecule has 1 unspecified atom stereocenters. The van der Waals surface area contributed by atoms with Crippen molar-refractivity contribution in [3.05, 3.63) is 42.7 Å². The van der Waals surface area contributed by atoms with Gasteiger partial charge in [-0.15, -0.1) is 0 Å². The molecular formula is C13H17N3O. The van der Waals surface area contributed by atoms with E-state index in [1.165, 1.54) is 6.08 Å². The summed E-state index contributed by atoms with van der Waals surface area (Å²) in [5, 5.41) is 0. The predicted molar refractivity (Wildman–Crippen MR) is 66.4 cm³/mol. The number of hydrogen-bond donors (Lipinski definition) is 0. The van der Waals surface area contributed by atoms with Gasteiger partial charge in [-0.25, -0.2) is 0 Å². The van der Waals surface area contributed by atoms with E-state index in [1.54, 1.807) is 6.20 Å². The van der Waals surface area contributed by atoms with E-state index in [-0.39, 0.29) is 11.9 Å². The summed E-state index contributed by atoms with van der Waals surface area (Å²) in [5.41, 5.74) is 1.08. The summed E-state index contributed by atoms with van der Waals surface area (Å²) in [4.78, 5) is 20.0. The molecule has 1 aromatic heterocycles. The van der Waals surface area contributed by atoms with Gasteiger partial charge in [0, 0.05) is 32.0 Å². The van der Waals surface area contributed by atoms with Crippen molar-refractivity contribution in [3.63, 3.8) is 0 Å². The molecule has 1 aromatic rings. The summed E-state index contributed by atoms with van der Waals surface area (Å²) in [7, 11) is 2.07. The van der Waals surface area contributed by atoms with E-state index < -0.39 is 0 Å². The van der Waals surface area contributed by atoms with Crippen LogP contribution in [0.5, 0.6) is 0 Å². The van der Waals surface area contributed by atoms with E-state index in [2.05, 4.69) is 23.5 Å². The first-order chi connectivity index (χ1) is 8.22. The molecule has 1 aliphatic rings. The van der Waals surface area contributed by atoms with Crippen molar-refractivity contribution in [1.29, 1.82) is 0 Å². The number of hydrogen-bond acceptors (Lipinski definition) is 3. The molecule has 0 bridgehead atoms. The van der Waals surface area contributed by atoms with E-state index in [0.717, 1.165) is 25.2 Å². The maximum absolute atomic E-state index is 11.8. The number of rotatable bonds is 2. The van der Waals surface area contributed by atoms with Gasteiger partial charge >= 0.3 is 0 Å². The van der Waals surface area contributed by atoms with Crippen molar-refractivity contribution in [1.82, 2.24) is 14.8 Å². The molecule has 0 N–H and O–H groups in total. The van der Waals surface area contributed by atoms with Gasteiger partial charge in [-0.3, -0.25) is 9.78 Å². The van der Waals surface area contributed by atoms with Gasteiger partial charge in [0.1, 0.15) is 0 Å². The third-order valence-electron chi connectivity index (χ3n) is 3.11. The molecule has 1 amide bonds. The Labute approximate surface area is 102 Å². The number of nitrogens with zero attached hydrogens (tertiary/aromatic N) is 3. The molecule has 0 spiro atoms. The molecule has 1 aliphatic heterocycles. The summed E-state index contributed by atoms with van der Waals surface area (Å²) in [6.07, 6.45) is 4.96. The number of carbonyl (C=O) groups is 1. The maximum atomic E-state index is 11.8. The van der Waals surface area contributed by atoms with Crippen molar-refractivity contribution in [3.8, 4) is 0 Å². The number of carbonyl (C=O) groups excluding carboxylic acids is 1. The van der Waals surface area contributed by atoms with Crippen LogP contribution in [0.25, 0.3) is 0 Å². The fourth-order valence-electron chi connectivity index (χ4n) is 2.16. The molecule has 0 radical (unpaired) electrons. The monoisotopic (exact) mass is 231 g/mol. The van der Waals surface area contributed by atoms with Crippen LogP contribution >= 0.6 is 0 Å². The Morgan fingerprint density at radius 3 is 3.06 bits per heavy atom. The summed E-state index contributed by atoms with van der Waals surface area (Å²) >= 11 is 0. The lowest BCUT2D eigenvalue weighted by atomic mass is 10.0. The van der Waals surface area contributed by atoms with Gasteiger partial charge in [0.05, 0.1) is 6.04 Å². The van der Waals surface area contributed by atoms with Gasteiger partial charge < -0.3 is 9.80 Å². The molecule has 4 nitrogen and oxygen atoms in total. The fourth-order valence-corrected chi connectivity index (χ4v) is 2.16. The number of aromatic nitrogens is 1. The molecule has 1 fully saturated rings. The van der Waals surface area contributed by atoms with Gasteiger partial charge in [0.2, 0.25) is 5.91 Å². The summed E-state index contributed by atoms with van der Waals surface area (Å²) in [6.45, 7) is 6.04. The van der Waals surface area contributed by atoms with Crippen LogP contribution in [0.1, 0.15) is 11.6 Å². The summed E-state index contributed by atoms with van der Waals surface area (Å²) in [6, 6.07) is 3.99. The van der Waals surface area contributed by atoms with Crippen LogP contribution in [0.3, 0.4) is 0 Å². The smallest absolute Gasteiger partial charge is 0.246 e. The van der Waals surface area contributed by atoms with Crippen LogP contribution in [0.15, 0.2) is 37.2 Å². The zero-order chi connectivity index (χ0) is 12.3. The Balaban J connectivity index is 2.26. The standard InChI is InChI=1S/C13H17N3O/c1-3-13(17)16-8-7-15(2)10-12(16)11-5-4-6-14-9-11/h3-6,9,12H,1,7-8,10H2,2H3. The predicted octanol–water partition coefficient (Wildman–Crippen LogP) is 1.08. The van der Waals surface area contributed by atoms with E-state index in [0.29, 0.717) is 0 Å². The normalized spacial score (nSPS) is 21.2. The largest absolute Gasteiger partial charge is 0.329 e. The highest BCUT2D eigenvalue weighted by atomic mass is 16.2. The molecule has 4 heteroatoms. The minimum absolute atomic E-state index is 0.00745. The van der Waals surface area contributed by atoms with Gasteiger partial charge in [-0.1, -0.05) is 12.6 Å². The zero-order valence-corrected chi connectivity index (χ0v) is 10.0. The highest BCUT2D eigenvalue weighted by Crippen LogP contribution is 2.24.